The maximum absolute atomic E-state index is 12.4. The molecule has 1 aliphatic heterocycles. The number of amides is 1. The number of carbonyl (C=O) groups excluding carboxylic acids is 1. The summed E-state index contributed by atoms with van der Waals surface area (Å²) in [4.78, 5) is 14.1. The summed E-state index contributed by atoms with van der Waals surface area (Å²) in [6.45, 7) is 0.727. The minimum atomic E-state index is -3.02. The third kappa shape index (κ3) is 4.17. The molecule has 1 aliphatic carbocycles. The lowest BCUT2D eigenvalue weighted by molar-refractivity contribution is -0.134. The molecule has 2 aliphatic rings. The molecule has 0 spiro atoms. The summed E-state index contributed by atoms with van der Waals surface area (Å²) < 4.78 is 23.2. The summed E-state index contributed by atoms with van der Waals surface area (Å²) in [5, 5.41) is 12.2. The molecule has 1 heterocycles. The van der Waals surface area contributed by atoms with Crippen molar-refractivity contribution >= 4 is 15.7 Å². The Morgan fingerprint density at radius 3 is 2.60 bits per heavy atom. The first kappa shape index (κ1) is 15.7. The molecular weight excluding hydrogens is 280 g/mol. The van der Waals surface area contributed by atoms with Crippen LogP contribution in [0, 0.1) is 0 Å². The molecule has 116 valence electrons. The summed E-state index contributed by atoms with van der Waals surface area (Å²) >= 11 is 0. The van der Waals surface area contributed by atoms with Crippen LogP contribution in [0.25, 0.3) is 0 Å². The van der Waals surface area contributed by atoms with Crippen molar-refractivity contribution in [3.63, 3.8) is 0 Å². The highest BCUT2D eigenvalue weighted by Gasteiger charge is 2.31. The van der Waals surface area contributed by atoms with E-state index >= 15 is 0 Å². The predicted molar refractivity (Wildman–Crippen MR) is 76.1 cm³/mol. The normalized spacial score (nSPS) is 26.6. The zero-order chi connectivity index (χ0) is 14.6. The minimum absolute atomic E-state index is 0.0381. The standard InChI is InChI=1S/C13H24N2O4S/c16-7-6-15(12-3-1-2-4-12)13(17)9-11-10-20(18,19)8-5-14-11/h11-12,14,16H,1-10H2. The first-order valence-electron chi connectivity index (χ1n) is 7.36. The minimum Gasteiger partial charge on any atom is -0.395 e. The molecule has 2 fully saturated rings. The molecule has 0 aromatic rings. The number of sulfone groups is 1. The van der Waals surface area contributed by atoms with Gasteiger partial charge in [0.25, 0.3) is 0 Å². The van der Waals surface area contributed by atoms with Crippen LogP contribution in [0.1, 0.15) is 32.1 Å². The van der Waals surface area contributed by atoms with Gasteiger partial charge >= 0.3 is 0 Å². The van der Waals surface area contributed by atoms with Crippen LogP contribution in [0.4, 0.5) is 0 Å². The Bertz CT molecular complexity index is 432. The van der Waals surface area contributed by atoms with E-state index in [2.05, 4.69) is 5.32 Å². The van der Waals surface area contributed by atoms with E-state index in [1.807, 2.05) is 0 Å². The summed E-state index contributed by atoms with van der Waals surface area (Å²) in [6.07, 6.45) is 4.42. The van der Waals surface area contributed by atoms with Gasteiger partial charge in [-0.1, -0.05) is 12.8 Å². The lowest BCUT2D eigenvalue weighted by Crippen LogP contribution is -2.49. The van der Waals surface area contributed by atoms with Gasteiger partial charge in [0.15, 0.2) is 9.84 Å². The van der Waals surface area contributed by atoms with Gasteiger partial charge in [-0.2, -0.15) is 0 Å². The summed E-state index contributed by atoms with van der Waals surface area (Å²) in [7, 11) is -3.02. The van der Waals surface area contributed by atoms with Crippen molar-refractivity contribution in [3.05, 3.63) is 0 Å². The van der Waals surface area contributed by atoms with E-state index in [4.69, 9.17) is 5.11 Å². The van der Waals surface area contributed by atoms with Gasteiger partial charge in [0.05, 0.1) is 18.1 Å². The van der Waals surface area contributed by atoms with Gasteiger partial charge in [-0.05, 0) is 12.8 Å². The van der Waals surface area contributed by atoms with Crippen molar-refractivity contribution < 1.29 is 18.3 Å². The molecule has 7 heteroatoms. The number of aliphatic hydroxyl groups excluding tert-OH is 1. The van der Waals surface area contributed by atoms with Crippen molar-refractivity contribution in [1.29, 1.82) is 0 Å². The Morgan fingerprint density at radius 1 is 1.30 bits per heavy atom. The van der Waals surface area contributed by atoms with Crippen LogP contribution in [-0.4, -0.2) is 67.6 Å². The Kier molecular flexibility index (Phi) is 5.40. The molecule has 0 aromatic carbocycles. The fourth-order valence-electron chi connectivity index (χ4n) is 3.16. The van der Waals surface area contributed by atoms with Gasteiger partial charge < -0.3 is 15.3 Å². The number of hydrogen-bond acceptors (Lipinski definition) is 5. The Balaban J connectivity index is 1.93. The monoisotopic (exact) mass is 304 g/mol. The van der Waals surface area contributed by atoms with E-state index in [0.29, 0.717) is 13.1 Å². The Labute approximate surface area is 120 Å². The average Bonchev–Trinajstić information content (AvgIpc) is 2.88. The van der Waals surface area contributed by atoms with Crippen molar-refractivity contribution in [2.24, 2.45) is 0 Å². The maximum atomic E-state index is 12.4. The van der Waals surface area contributed by atoms with Crippen LogP contribution in [0.15, 0.2) is 0 Å². The van der Waals surface area contributed by atoms with Crippen molar-refractivity contribution in [2.75, 3.05) is 31.2 Å². The van der Waals surface area contributed by atoms with Gasteiger partial charge in [-0.3, -0.25) is 4.79 Å². The first-order valence-corrected chi connectivity index (χ1v) is 9.18. The van der Waals surface area contributed by atoms with Crippen LogP contribution in [0.2, 0.25) is 0 Å². The smallest absolute Gasteiger partial charge is 0.224 e. The number of nitrogens with zero attached hydrogens (tertiary/aromatic N) is 1. The van der Waals surface area contributed by atoms with Crippen LogP contribution in [0.5, 0.6) is 0 Å². The molecule has 6 nitrogen and oxygen atoms in total. The molecule has 1 saturated carbocycles. The number of rotatable bonds is 5. The van der Waals surface area contributed by atoms with Gasteiger partial charge in [-0.25, -0.2) is 8.42 Å². The molecule has 2 rings (SSSR count). The largest absolute Gasteiger partial charge is 0.395 e. The number of aliphatic hydroxyl groups is 1. The molecule has 0 radical (unpaired) electrons. The molecule has 0 aromatic heterocycles. The van der Waals surface area contributed by atoms with E-state index in [1.165, 1.54) is 0 Å². The molecule has 1 saturated heterocycles. The molecule has 0 bridgehead atoms. The maximum Gasteiger partial charge on any atom is 0.224 e. The summed E-state index contributed by atoms with van der Waals surface area (Å²) in [5.74, 6) is 0.150. The molecule has 1 atom stereocenters. The Hall–Kier alpha value is -0.660. The van der Waals surface area contributed by atoms with Crippen LogP contribution >= 0.6 is 0 Å². The lowest BCUT2D eigenvalue weighted by Gasteiger charge is -2.31. The predicted octanol–water partition coefficient (Wildman–Crippen LogP) is -0.473. The van der Waals surface area contributed by atoms with E-state index in [1.54, 1.807) is 4.90 Å². The van der Waals surface area contributed by atoms with Crippen molar-refractivity contribution in [2.45, 2.75) is 44.2 Å². The second kappa shape index (κ2) is 6.87. The number of hydrogen-bond donors (Lipinski definition) is 2. The topological polar surface area (TPSA) is 86.7 Å². The van der Waals surface area contributed by atoms with Gasteiger partial charge in [-0.15, -0.1) is 0 Å². The zero-order valence-corrected chi connectivity index (χ0v) is 12.6. The average molecular weight is 304 g/mol. The fraction of sp³-hybridized carbons (Fsp3) is 0.923. The second-order valence-corrected chi connectivity index (χ2v) is 7.95. The number of nitrogens with one attached hydrogen (secondary N) is 1. The SMILES string of the molecule is O=C(CC1CS(=O)(=O)CCN1)N(CCO)C1CCCC1. The fourth-order valence-corrected chi connectivity index (χ4v) is 4.61. The zero-order valence-electron chi connectivity index (χ0n) is 11.8. The lowest BCUT2D eigenvalue weighted by atomic mass is 10.1. The van der Waals surface area contributed by atoms with E-state index < -0.39 is 9.84 Å². The van der Waals surface area contributed by atoms with Gasteiger partial charge in [0.2, 0.25) is 5.91 Å². The van der Waals surface area contributed by atoms with Crippen molar-refractivity contribution in [1.82, 2.24) is 10.2 Å². The quantitative estimate of drug-likeness (QED) is 0.717. The van der Waals surface area contributed by atoms with Crippen LogP contribution < -0.4 is 5.32 Å². The van der Waals surface area contributed by atoms with Gasteiger partial charge in [0.1, 0.15) is 0 Å². The third-order valence-electron chi connectivity index (χ3n) is 4.15. The molecule has 20 heavy (non-hydrogen) atoms. The molecular formula is C13H24N2O4S. The highest BCUT2D eigenvalue weighted by Crippen LogP contribution is 2.24. The summed E-state index contributed by atoms with van der Waals surface area (Å²) in [6, 6.07) is -0.0707. The van der Waals surface area contributed by atoms with Crippen LogP contribution in [-0.2, 0) is 14.6 Å². The highest BCUT2D eigenvalue weighted by molar-refractivity contribution is 7.91. The van der Waals surface area contributed by atoms with Crippen LogP contribution in [0.3, 0.4) is 0 Å². The van der Waals surface area contributed by atoms with E-state index in [9.17, 15) is 13.2 Å². The third-order valence-corrected chi connectivity index (χ3v) is 5.89. The highest BCUT2D eigenvalue weighted by atomic mass is 32.2. The Morgan fingerprint density at radius 2 is 2.00 bits per heavy atom. The van der Waals surface area contributed by atoms with E-state index in [-0.39, 0.29) is 42.5 Å². The van der Waals surface area contributed by atoms with Crippen molar-refractivity contribution in [3.8, 4) is 0 Å². The molecule has 1 unspecified atom stereocenters. The molecule has 2 N–H and O–H groups in total. The van der Waals surface area contributed by atoms with E-state index in [0.717, 1.165) is 25.7 Å². The van der Waals surface area contributed by atoms with Gasteiger partial charge in [0, 0.05) is 31.6 Å². The summed E-state index contributed by atoms with van der Waals surface area (Å²) in [5.41, 5.74) is 0. The number of carbonyl (C=O) groups is 1. The second-order valence-electron chi connectivity index (χ2n) is 5.72. The molecule has 1 amide bonds. The first-order chi connectivity index (χ1) is 9.52.